The third-order valence-corrected chi connectivity index (χ3v) is 3.55. The highest BCUT2D eigenvalue weighted by molar-refractivity contribution is 5.95. The highest BCUT2D eigenvalue weighted by Crippen LogP contribution is 2.29. The fourth-order valence-corrected chi connectivity index (χ4v) is 1.99. The Morgan fingerprint density at radius 1 is 1.24 bits per heavy atom. The van der Waals surface area contributed by atoms with Gasteiger partial charge in [-0.05, 0) is 31.1 Å². The van der Waals surface area contributed by atoms with Crippen LogP contribution in [0.5, 0.6) is 0 Å². The summed E-state index contributed by atoms with van der Waals surface area (Å²) < 4.78 is -0.0591. The summed E-state index contributed by atoms with van der Waals surface area (Å²) in [6.45, 7) is 6.37. The molecule has 0 saturated heterocycles. The van der Waals surface area contributed by atoms with Crippen LogP contribution in [-0.2, 0) is 14.4 Å². The molecular formula is C15H23NO5. The number of carboxylic acids is 2. The maximum Gasteiger partial charge on any atom is 0.370 e. The van der Waals surface area contributed by atoms with E-state index in [-0.39, 0.29) is 28.7 Å². The van der Waals surface area contributed by atoms with Gasteiger partial charge in [0.05, 0.1) is 27.1 Å². The van der Waals surface area contributed by atoms with Crippen molar-refractivity contribution in [3.63, 3.8) is 0 Å². The number of rotatable bonds is 8. The first-order valence-electron chi connectivity index (χ1n) is 6.49. The van der Waals surface area contributed by atoms with Gasteiger partial charge >= 0.3 is 5.97 Å². The highest BCUT2D eigenvalue weighted by Gasteiger charge is 2.49. The second-order valence-corrected chi connectivity index (χ2v) is 6.06. The van der Waals surface area contributed by atoms with Crippen molar-refractivity contribution in [2.75, 3.05) is 21.1 Å². The van der Waals surface area contributed by atoms with Gasteiger partial charge in [0, 0.05) is 12.8 Å². The van der Waals surface area contributed by atoms with Crippen molar-refractivity contribution in [1.82, 2.24) is 0 Å². The molecule has 0 aromatic carbocycles. The molecule has 0 aliphatic rings. The van der Waals surface area contributed by atoms with Crippen LogP contribution in [0.1, 0.15) is 26.7 Å². The fourth-order valence-electron chi connectivity index (χ4n) is 1.99. The summed E-state index contributed by atoms with van der Waals surface area (Å²) in [6.07, 6.45) is 1.12. The van der Waals surface area contributed by atoms with Gasteiger partial charge in [-0.25, -0.2) is 4.79 Å². The topological polar surface area (TPSA) is 94.5 Å². The van der Waals surface area contributed by atoms with Crippen LogP contribution in [0.15, 0.2) is 23.8 Å². The van der Waals surface area contributed by atoms with Crippen molar-refractivity contribution in [2.24, 2.45) is 0 Å². The molecular weight excluding hydrogens is 274 g/mol. The molecule has 0 aromatic heterocycles. The Balaban J connectivity index is 5.81. The molecule has 0 aromatic rings. The first kappa shape index (κ1) is 19.1. The average Bonchev–Trinajstić information content (AvgIpc) is 2.31. The predicted octanol–water partition coefficient (Wildman–Crippen LogP) is 0.138. The summed E-state index contributed by atoms with van der Waals surface area (Å²) in [7, 11) is 4.91. The number of hydrogen-bond acceptors (Lipinski definition) is 4. The van der Waals surface area contributed by atoms with Crippen LogP contribution in [-0.4, -0.2) is 54.0 Å². The van der Waals surface area contributed by atoms with Gasteiger partial charge in [-0.1, -0.05) is 6.58 Å². The van der Waals surface area contributed by atoms with Crippen molar-refractivity contribution < 1.29 is 29.1 Å². The van der Waals surface area contributed by atoms with Gasteiger partial charge in [0.25, 0.3) is 0 Å². The Morgan fingerprint density at radius 3 is 2.00 bits per heavy atom. The number of carbonyl (C=O) groups excluding carboxylic acids is 2. The Labute approximate surface area is 125 Å². The zero-order valence-electron chi connectivity index (χ0n) is 13.2. The Morgan fingerprint density at radius 2 is 1.71 bits per heavy atom. The third kappa shape index (κ3) is 4.53. The summed E-state index contributed by atoms with van der Waals surface area (Å²) in [5.41, 5.74) is -1.36. The van der Waals surface area contributed by atoms with E-state index in [9.17, 15) is 24.6 Å². The molecule has 0 amide bonds. The van der Waals surface area contributed by atoms with Crippen LogP contribution < -0.4 is 5.11 Å². The van der Waals surface area contributed by atoms with Gasteiger partial charge in [0.1, 0.15) is 0 Å². The summed E-state index contributed by atoms with van der Waals surface area (Å²) in [4.78, 5) is 34.4. The monoisotopic (exact) mass is 297 g/mol. The summed E-state index contributed by atoms with van der Waals surface area (Å²) in [5, 5.41) is 20.5. The summed E-state index contributed by atoms with van der Waals surface area (Å²) in [6, 6.07) is 0. The number of likely N-dealkylation sites (N-methyl/N-ethyl adjacent to an activating group) is 1. The van der Waals surface area contributed by atoms with Crippen LogP contribution in [0.3, 0.4) is 0 Å². The van der Waals surface area contributed by atoms with Crippen LogP contribution in [0.4, 0.5) is 0 Å². The molecule has 21 heavy (non-hydrogen) atoms. The first-order valence-corrected chi connectivity index (χ1v) is 6.49. The summed E-state index contributed by atoms with van der Waals surface area (Å²) in [5.74, 6) is -2.86. The maximum atomic E-state index is 11.8. The standard InChI is InChI=1S/C15H23NO5/c1-10(2)12(17)7-8-15(14(20)21,16(4,5)6)9-11(3)13(18)19/h9H,1,7-8H2,2-6H3,(H-,18,19,20,21). The minimum Gasteiger partial charge on any atom is -0.545 e. The number of quaternary nitrogens is 1. The molecule has 0 bridgehead atoms. The molecule has 0 heterocycles. The predicted molar refractivity (Wildman–Crippen MR) is 76.2 cm³/mol. The molecule has 0 fully saturated rings. The van der Waals surface area contributed by atoms with Gasteiger partial charge < -0.3 is 19.5 Å². The lowest BCUT2D eigenvalue weighted by Gasteiger charge is -2.41. The second kappa shape index (κ2) is 6.67. The van der Waals surface area contributed by atoms with E-state index in [0.29, 0.717) is 5.57 Å². The lowest BCUT2D eigenvalue weighted by atomic mass is 9.86. The second-order valence-electron chi connectivity index (χ2n) is 6.06. The van der Waals surface area contributed by atoms with E-state index in [2.05, 4.69) is 6.58 Å². The van der Waals surface area contributed by atoms with Crippen molar-refractivity contribution in [1.29, 1.82) is 0 Å². The smallest absolute Gasteiger partial charge is 0.370 e. The number of allylic oxidation sites excluding steroid dienone is 1. The molecule has 6 heteroatoms. The number of hydrogen-bond donors (Lipinski definition) is 1. The van der Waals surface area contributed by atoms with E-state index >= 15 is 0 Å². The summed E-state index contributed by atoms with van der Waals surface area (Å²) >= 11 is 0. The molecule has 1 N–H and O–H groups in total. The molecule has 0 radical (unpaired) electrons. The number of carbonyl (C=O) groups is 3. The van der Waals surface area contributed by atoms with Crippen molar-refractivity contribution in [2.45, 2.75) is 32.2 Å². The Bertz CT molecular complexity index is 499. The van der Waals surface area contributed by atoms with Crippen LogP contribution in [0.25, 0.3) is 0 Å². The van der Waals surface area contributed by atoms with Crippen molar-refractivity contribution in [3.8, 4) is 0 Å². The van der Waals surface area contributed by atoms with E-state index in [1.807, 2.05) is 0 Å². The Kier molecular flexibility index (Phi) is 6.05. The van der Waals surface area contributed by atoms with Gasteiger partial charge in [-0.3, -0.25) is 4.79 Å². The quantitative estimate of drug-likeness (QED) is 0.508. The molecule has 0 aliphatic carbocycles. The number of aliphatic carboxylic acids is 2. The number of Topliss-reactive ketones (excluding diaryl/α,β-unsaturated/α-hetero) is 1. The first-order chi connectivity index (χ1) is 9.35. The zero-order chi connectivity index (χ0) is 17.0. The van der Waals surface area contributed by atoms with Gasteiger partial charge in [0.2, 0.25) is 5.54 Å². The molecule has 0 aliphatic heterocycles. The largest absolute Gasteiger partial charge is 0.545 e. The molecule has 0 saturated carbocycles. The maximum absolute atomic E-state index is 11.8. The van der Waals surface area contributed by atoms with Crippen LogP contribution >= 0.6 is 0 Å². The number of ketones is 1. The minimum atomic E-state index is -1.53. The normalized spacial score (nSPS) is 15.2. The number of nitrogens with zero attached hydrogens (tertiary/aromatic N) is 1. The van der Waals surface area contributed by atoms with Crippen molar-refractivity contribution >= 4 is 17.7 Å². The van der Waals surface area contributed by atoms with Gasteiger partial charge in [-0.2, -0.15) is 0 Å². The molecule has 1 unspecified atom stereocenters. The average molecular weight is 297 g/mol. The lowest BCUT2D eigenvalue weighted by molar-refractivity contribution is -0.906. The molecule has 6 nitrogen and oxygen atoms in total. The van der Waals surface area contributed by atoms with Crippen LogP contribution in [0.2, 0.25) is 0 Å². The van der Waals surface area contributed by atoms with E-state index < -0.39 is 17.5 Å². The SMILES string of the molecule is C=C(C)C(=O)CCC(C=C(C)C(=O)[O-])(C(=O)O)[N+](C)(C)C. The highest BCUT2D eigenvalue weighted by atomic mass is 16.4. The molecule has 0 spiro atoms. The van der Waals surface area contributed by atoms with E-state index in [1.165, 1.54) is 6.92 Å². The molecule has 1 atom stereocenters. The Hall–Kier alpha value is -1.95. The van der Waals surface area contributed by atoms with Gasteiger partial charge in [-0.15, -0.1) is 0 Å². The minimum absolute atomic E-state index is 0.0199. The van der Waals surface area contributed by atoms with Crippen molar-refractivity contribution in [3.05, 3.63) is 23.8 Å². The molecule has 118 valence electrons. The fraction of sp³-hybridized carbons (Fsp3) is 0.533. The third-order valence-electron chi connectivity index (χ3n) is 3.55. The van der Waals surface area contributed by atoms with E-state index in [4.69, 9.17) is 0 Å². The van der Waals surface area contributed by atoms with E-state index in [1.54, 1.807) is 28.1 Å². The molecule has 0 rings (SSSR count). The number of carboxylic acid groups (broad SMARTS) is 2. The zero-order valence-corrected chi connectivity index (χ0v) is 13.2. The lowest BCUT2D eigenvalue weighted by Crippen LogP contribution is -2.61. The van der Waals surface area contributed by atoms with Gasteiger partial charge in [0.15, 0.2) is 5.78 Å². The van der Waals surface area contributed by atoms with Crippen LogP contribution in [0, 0.1) is 0 Å². The van der Waals surface area contributed by atoms with E-state index in [0.717, 1.165) is 6.08 Å².